The lowest BCUT2D eigenvalue weighted by Crippen LogP contribution is -2.15. The molecule has 1 aromatic carbocycles. The van der Waals surface area contributed by atoms with Crippen LogP contribution in [0.25, 0.3) is 0 Å². The van der Waals surface area contributed by atoms with Crippen molar-refractivity contribution in [1.82, 2.24) is 0 Å². The maximum Gasteiger partial charge on any atom is 0.341 e. The van der Waals surface area contributed by atoms with Gasteiger partial charge in [0.25, 0.3) is 0 Å². The fourth-order valence-electron chi connectivity index (χ4n) is 3.39. The fourth-order valence-corrected chi connectivity index (χ4v) is 4.68. The summed E-state index contributed by atoms with van der Waals surface area (Å²) < 4.78 is 10.1. The number of carbonyl (C=O) groups is 2. The molecule has 0 bridgehead atoms. The summed E-state index contributed by atoms with van der Waals surface area (Å²) in [4.78, 5) is 26.0. The molecule has 0 saturated heterocycles. The number of fused-ring (bicyclic) bond motifs is 1. The summed E-state index contributed by atoms with van der Waals surface area (Å²) >= 11 is 1.52. The van der Waals surface area contributed by atoms with Gasteiger partial charge in [-0.25, -0.2) is 4.79 Å². The molecule has 1 heterocycles. The highest BCUT2D eigenvalue weighted by Crippen LogP contribution is 2.38. The Kier molecular flexibility index (Phi) is 6.50. The minimum Gasteiger partial charge on any atom is -0.497 e. The van der Waals surface area contributed by atoms with E-state index in [0.717, 1.165) is 42.6 Å². The van der Waals surface area contributed by atoms with Crippen molar-refractivity contribution >= 4 is 28.2 Å². The second-order valence-corrected chi connectivity index (χ2v) is 7.76. The third kappa shape index (κ3) is 4.69. The van der Waals surface area contributed by atoms with E-state index < -0.39 is 0 Å². The van der Waals surface area contributed by atoms with Crippen molar-refractivity contribution in [2.24, 2.45) is 0 Å². The Morgan fingerprint density at radius 3 is 2.52 bits per heavy atom. The van der Waals surface area contributed by atoms with Crippen molar-refractivity contribution in [3.8, 4) is 5.75 Å². The number of anilines is 1. The average molecular weight is 388 g/mol. The maximum absolute atomic E-state index is 12.5. The standard InChI is InChI=1S/C21H25NO4S/c1-25-15-11-8-14(9-12-15)10-13-18(23)22-20-19(21(24)26-2)16-6-4-3-5-7-17(16)27-20/h8-9,11-12H,3-7,10,13H2,1-2H3,(H,22,23). The minimum absolute atomic E-state index is 0.0904. The molecule has 1 aromatic heterocycles. The monoisotopic (exact) mass is 387 g/mol. The van der Waals surface area contributed by atoms with E-state index in [1.165, 1.54) is 29.7 Å². The normalized spacial score (nSPS) is 13.4. The van der Waals surface area contributed by atoms with Crippen molar-refractivity contribution in [3.05, 3.63) is 45.8 Å². The summed E-state index contributed by atoms with van der Waals surface area (Å²) in [7, 11) is 3.02. The topological polar surface area (TPSA) is 64.6 Å². The molecule has 0 atom stereocenters. The van der Waals surface area contributed by atoms with E-state index in [4.69, 9.17) is 9.47 Å². The zero-order chi connectivity index (χ0) is 19.2. The molecule has 1 aliphatic carbocycles. The van der Waals surface area contributed by atoms with Gasteiger partial charge in [-0.2, -0.15) is 0 Å². The summed E-state index contributed by atoms with van der Waals surface area (Å²) in [6.45, 7) is 0. The number of amides is 1. The third-order valence-corrected chi connectivity index (χ3v) is 6.07. The zero-order valence-corrected chi connectivity index (χ0v) is 16.6. The smallest absolute Gasteiger partial charge is 0.341 e. The van der Waals surface area contributed by atoms with Gasteiger partial charge in [0.1, 0.15) is 10.8 Å². The largest absolute Gasteiger partial charge is 0.497 e. The van der Waals surface area contributed by atoms with Gasteiger partial charge in [-0.15, -0.1) is 11.3 Å². The Morgan fingerprint density at radius 2 is 1.81 bits per heavy atom. The maximum atomic E-state index is 12.5. The number of aryl methyl sites for hydroxylation is 2. The quantitative estimate of drug-likeness (QED) is 0.590. The van der Waals surface area contributed by atoms with E-state index in [2.05, 4.69) is 5.32 Å². The summed E-state index contributed by atoms with van der Waals surface area (Å²) in [5, 5.41) is 3.58. The molecule has 0 unspecified atom stereocenters. The van der Waals surface area contributed by atoms with E-state index in [1.54, 1.807) is 7.11 Å². The molecule has 1 amide bonds. The van der Waals surface area contributed by atoms with Gasteiger partial charge >= 0.3 is 5.97 Å². The fraction of sp³-hybridized carbons (Fsp3) is 0.429. The second-order valence-electron chi connectivity index (χ2n) is 6.66. The molecule has 144 valence electrons. The van der Waals surface area contributed by atoms with Crippen LogP contribution >= 0.6 is 11.3 Å². The molecular weight excluding hydrogens is 362 g/mol. The number of ether oxygens (including phenoxy) is 2. The van der Waals surface area contributed by atoms with Crippen molar-refractivity contribution in [2.75, 3.05) is 19.5 Å². The predicted molar refractivity (Wildman–Crippen MR) is 107 cm³/mol. The molecule has 1 N–H and O–H groups in total. The van der Waals surface area contributed by atoms with Crippen molar-refractivity contribution in [2.45, 2.75) is 44.9 Å². The molecule has 27 heavy (non-hydrogen) atoms. The average Bonchev–Trinajstić information content (AvgIpc) is 2.86. The molecule has 0 aliphatic heterocycles. The van der Waals surface area contributed by atoms with Crippen molar-refractivity contribution < 1.29 is 19.1 Å². The highest BCUT2D eigenvalue weighted by Gasteiger charge is 2.26. The van der Waals surface area contributed by atoms with Crippen LogP contribution in [0.3, 0.4) is 0 Å². The lowest BCUT2D eigenvalue weighted by molar-refractivity contribution is -0.116. The Hall–Kier alpha value is -2.34. The van der Waals surface area contributed by atoms with Gasteiger partial charge in [-0.1, -0.05) is 18.6 Å². The van der Waals surface area contributed by atoms with Crippen molar-refractivity contribution in [1.29, 1.82) is 0 Å². The molecule has 5 nitrogen and oxygen atoms in total. The SMILES string of the molecule is COC(=O)c1c(NC(=O)CCc2ccc(OC)cc2)sc2c1CCCCC2. The van der Waals surface area contributed by atoms with Gasteiger partial charge in [0.05, 0.1) is 19.8 Å². The second kappa shape index (κ2) is 9.04. The molecular formula is C21H25NO4S. The van der Waals surface area contributed by atoms with Crippen LogP contribution in [-0.2, 0) is 28.8 Å². The number of benzene rings is 1. The molecule has 0 fully saturated rings. The number of thiophene rings is 1. The summed E-state index contributed by atoms with van der Waals surface area (Å²) in [5.74, 6) is 0.346. The summed E-state index contributed by atoms with van der Waals surface area (Å²) in [5.41, 5.74) is 2.69. The molecule has 2 aromatic rings. The van der Waals surface area contributed by atoms with Crippen LogP contribution in [0.2, 0.25) is 0 Å². The first-order valence-corrected chi connectivity index (χ1v) is 10.1. The highest BCUT2D eigenvalue weighted by molar-refractivity contribution is 7.17. The Morgan fingerprint density at radius 1 is 1.07 bits per heavy atom. The number of hydrogen-bond acceptors (Lipinski definition) is 5. The van der Waals surface area contributed by atoms with Crippen LogP contribution in [0.4, 0.5) is 5.00 Å². The molecule has 6 heteroatoms. The third-order valence-electron chi connectivity index (χ3n) is 4.86. The van der Waals surface area contributed by atoms with Gasteiger partial charge in [-0.3, -0.25) is 4.79 Å². The lowest BCUT2D eigenvalue weighted by atomic mass is 10.1. The Labute approximate surface area is 163 Å². The lowest BCUT2D eigenvalue weighted by Gasteiger charge is -2.08. The van der Waals surface area contributed by atoms with Crippen LogP contribution in [0.15, 0.2) is 24.3 Å². The number of esters is 1. The molecule has 0 radical (unpaired) electrons. The molecule has 3 rings (SSSR count). The van der Waals surface area contributed by atoms with Gasteiger partial charge in [0, 0.05) is 11.3 Å². The minimum atomic E-state index is -0.361. The van der Waals surface area contributed by atoms with E-state index in [0.29, 0.717) is 23.4 Å². The van der Waals surface area contributed by atoms with E-state index in [-0.39, 0.29) is 11.9 Å². The van der Waals surface area contributed by atoms with E-state index in [1.807, 2.05) is 24.3 Å². The predicted octanol–water partition coefficient (Wildman–Crippen LogP) is 4.38. The van der Waals surface area contributed by atoms with Crippen LogP contribution in [0, 0.1) is 0 Å². The number of carbonyl (C=O) groups excluding carboxylic acids is 2. The Balaban J connectivity index is 1.70. The molecule has 0 spiro atoms. The van der Waals surface area contributed by atoms with Gasteiger partial charge in [0.15, 0.2) is 0 Å². The first-order chi connectivity index (χ1) is 13.1. The first-order valence-electron chi connectivity index (χ1n) is 9.28. The van der Waals surface area contributed by atoms with E-state index in [9.17, 15) is 9.59 Å². The van der Waals surface area contributed by atoms with Crippen molar-refractivity contribution in [3.63, 3.8) is 0 Å². The van der Waals surface area contributed by atoms with Crippen LogP contribution < -0.4 is 10.1 Å². The Bertz CT molecular complexity index is 810. The van der Waals surface area contributed by atoms with Crippen LogP contribution in [-0.4, -0.2) is 26.1 Å². The highest BCUT2D eigenvalue weighted by atomic mass is 32.1. The number of nitrogens with one attached hydrogen (secondary N) is 1. The molecule has 0 saturated carbocycles. The van der Waals surface area contributed by atoms with Gasteiger partial charge in [-0.05, 0) is 55.4 Å². The number of hydrogen-bond donors (Lipinski definition) is 1. The molecule has 1 aliphatic rings. The van der Waals surface area contributed by atoms with Gasteiger partial charge < -0.3 is 14.8 Å². The van der Waals surface area contributed by atoms with Crippen LogP contribution in [0.5, 0.6) is 5.75 Å². The zero-order valence-electron chi connectivity index (χ0n) is 15.8. The summed E-state index contributed by atoms with van der Waals surface area (Å²) in [6.07, 6.45) is 6.19. The first kappa shape index (κ1) is 19.4. The number of rotatable bonds is 6. The summed E-state index contributed by atoms with van der Waals surface area (Å²) in [6, 6.07) is 7.69. The van der Waals surface area contributed by atoms with Crippen LogP contribution in [0.1, 0.15) is 52.0 Å². The van der Waals surface area contributed by atoms with Gasteiger partial charge in [0.2, 0.25) is 5.91 Å². The number of methoxy groups -OCH3 is 2. The van der Waals surface area contributed by atoms with E-state index >= 15 is 0 Å².